The van der Waals surface area contributed by atoms with Crippen molar-refractivity contribution < 1.29 is 14.3 Å². The van der Waals surface area contributed by atoms with Crippen molar-refractivity contribution in [2.75, 3.05) is 20.3 Å². The van der Waals surface area contributed by atoms with Gasteiger partial charge in [-0.15, -0.1) is 0 Å². The smallest absolute Gasteiger partial charge is 0.224 e. The number of nitrogens with one attached hydrogen (secondary N) is 1. The van der Waals surface area contributed by atoms with E-state index in [1.54, 1.807) is 7.11 Å². The first-order valence-corrected chi connectivity index (χ1v) is 6.63. The Hall–Kier alpha value is -1.55. The van der Waals surface area contributed by atoms with Crippen molar-refractivity contribution in [1.82, 2.24) is 5.32 Å². The molecule has 0 aromatic heterocycles. The van der Waals surface area contributed by atoms with Crippen molar-refractivity contribution in [2.45, 2.75) is 32.8 Å². The second-order valence-electron chi connectivity index (χ2n) is 4.65. The number of ether oxygens (including phenoxy) is 2. The molecule has 1 N–H and O–H groups in total. The number of hydrogen-bond acceptors (Lipinski definition) is 3. The molecule has 1 amide bonds. The van der Waals surface area contributed by atoms with Gasteiger partial charge in [0.2, 0.25) is 5.91 Å². The maximum Gasteiger partial charge on any atom is 0.224 e. The lowest BCUT2D eigenvalue weighted by molar-refractivity contribution is -0.120. The maximum absolute atomic E-state index is 11.7. The Morgan fingerprint density at radius 1 is 1.26 bits per heavy atom. The summed E-state index contributed by atoms with van der Waals surface area (Å²) >= 11 is 0. The molecule has 0 atom stereocenters. The lowest BCUT2D eigenvalue weighted by Gasteiger charge is -2.08. The highest BCUT2D eigenvalue weighted by Crippen LogP contribution is 2.11. The van der Waals surface area contributed by atoms with Gasteiger partial charge < -0.3 is 14.8 Å². The van der Waals surface area contributed by atoms with Gasteiger partial charge in [-0.1, -0.05) is 12.1 Å². The van der Waals surface area contributed by atoms with Crippen LogP contribution in [-0.4, -0.2) is 32.3 Å². The molecule has 0 radical (unpaired) electrons. The Balaban J connectivity index is 2.19. The van der Waals surface area contributed by atoms with E-state index in [0.29, 0.717) is 19.6 Å². The van der Waals surface area contributed by atoms with E-state index in [1.165, 1.54) is 0 Å². The summed E-state index contributed by atoms with van der Waals surface area (Å²) in [7, 11) is 1.63. The van der Waals surface area contributed by atoms with Gasteiger partial charge in [-0.3, -0.25) is 4.79 Å². The van der Waals surface area contributed by atoms with Crippen LogP contribution in [0.2, 0.25) is 0 Å². The van der Waals surface area contributed by atoms with E-state index >= 15 is 0 Å². The molecule has 4 heteroatoms. The lowest BCUT2D eigenvalue weighted by Crippen LogP contribution is -2.27. The van der Waals surface area contributed by atoms with Crippen LogP contribution in [0.15, 0.2) is 24.3 Å². The number of carbonyl (C=O) groups excluding carboxylic acids is 1. The van der Waals surface area contributed by atoms with Crippen LogP contribution < -0.4 is 10.1 Å². The van der Waals surface area contributed by atoms with Crippen LogP contribution in [0.5, 0.6) is 5.75 Å². The van der Waals surface area contributed by atoms with Crippen molar-refractivity contribution in [2.24, 2.45) is 0 Å². The number of carbonyl (C=O) groups is 1. The molecule has 1 rings (SSSR count). The van der Waals surface area contributed by atoms with Gasteiger partial charge in [-0.2, -0.15) is 0 Å². The zero-order chi connectivity index (χ0) is 14.1. The molecule has 0 saturated heterocycles. The number of hydrogen-bond donors (Lipinski definition) is 1. The molecule has 4 nitrogen and oxygen atoms in total. The van der Waals surface area contributed by atoms with Crippen LogP contribution in [0.4, 0.5) is 0 Å². The van der Waals surface area contributed by atoms with E-state index in [4.69, 9.17) is 9.47 Å². The summed E-state index contributed by atoms with van der Waals surface area (Å²) in [6, 6.07) is 7.53. The maximum atomic E-state index is 11.7. The first-order valence-electron chi connectivity index (χ1n) is 6.63. The fraction of sp³-hybridized carbons (Fsp3) is 0.533. The van der Waals surface area contributed by atoms with Gasteiger partial charge in [0.05, 0.1) is 19.6 Å². The Bertz CT molecular complexity index is 373. The minimum absolute atomic E-state index is 0.0368. The molecular formula is C15H23NO3. The normalized spacial score (nSPS) is 10.5. The Labute approximate surface area is 115 Å². The molecule has 0 saturated carbocycles. The van der Waals surface area contributed by atoms with Gasteiger partial charge in [-0.05, 0) is 38.0 Å². The summed E-state index contributed by atoms with van der Waals surface area (Å²) in [5.41, 5.74) is 0.983. The van der Waals surface area contributed by atoms with E-state index in [0.717, 1.165) is 17.7 Å². The number of rotatable bonds is 8. The molecule has 19 heavy (non-hydrogen) atoms. The average molecular weight is 265 g/mol. The minimum atomic E-state index is 0.0368. The Morgan fingerprint density at radius 3 is 2.53 bits per heavy atom. The van der Waals surface area contributed by atoms with E-state index < -0.39 is 0 Å². The summed E-state index contributed by atoms with van der Waals surface area (Å²) in [5, 5.41) is 2.88. The molecule has 0 unspecified atom stereocenters. The molecule has 0 aliphatic rings. The second-order valence-corrected chi connectivity index (χ2v) is 4.65. The van der Waals surface area contributed by atoms with Crippen molar-refractivity contribution in [1.29, 1.82) is 0 Å². The van der Waals surface area contributed by atoms with Gasteiger partial charge >= 0.3 is 0 Å². The first kappa shape index (κ1) is 15.5. The van der Waals surface area contributed by atoms with Crippen LogP contribution in [0.3, 0.4) is 0 Å². The van der Waals surface area contributed by atoms with Gasteiger partial charge in [0.1, 0.15) is 5.75 Å². The van der Waals surface area contributed by atoms with Gasteiger partial charge in [-0.25, -0.2) is 0 Å². The van der Waals surface area contributed by atoms with E-state index in [9.17, 15) is 4.79 Å². The highest BCUT2D eigenvalue weighted by atomic mass is 16.5. The third kappa shape index (κ3) is 6.82. The fourth-order valence-electron chi connectivity index (χ4n) is 1.61. The van der Waals surface area contributed by atoms with Crippen LogP contribution in [0.25, 0.3) is 0 Å². The molecule has 0 aliphatic carbocycles. The molecule has 0 aliphatic heterocycles. The van der Waals surface area contributed by atoms with Crippen LogP contribution >= 0.6 is 0 Å². The van der Waals surface area contributed by atoms with Crippen molar-refractivity contribution in [3.63, 3.8) is 0 Å². The van der Waals surface area contributed by atoms with Crippen molar-refractivity contribution in [3.8, 4) is 5.75 Å². The Kier molecular flexibility index (Phi) is 6.97. The zero-order valence-electron chi connectivity index (χ0n) is 11.9. The minimum Gasteiger partial charge on any atom is -0.497 e. The Morgan fingerprint density at radius 2 is 1.95 bits per heavy atom. The van der Waals surface area contributed by atoms with E-state index in [1.807, 2.05) is 38.1 Å². The molecule has 0 heterocycles. The fourth-order valence-corrected chi connectivity index (χ4v) is 1.61. The summed E-state index contributed by atoms with van der Waals surface area (Å²) in [6.07, 6.45) is 1.48. The highest BCUT2D eigenvalue weighted by Gasteiger charge is 2.03. The van der Waals surface area contributed by atoms with Crippen LogP contribution in [0.1, 0.15) is 25.8 Å². The summed E-state index contributed by atoms with van der Waals surface area (Å²) in [5.74, 6) is 0.838. The molecule has 0 fully saturated rings. The third-order valence-corrected chi connectivity index (χ3v) is 2.62. The van der Waals surface area contributed by atoms with Crippen molar-refractivity contribution >= 4 is 5.91 Å². The van der Waals surface area contributed by atoms with Gasteiger partial charge in [0, 0.05) is 13.2 Å². The van der Waals surface area contributed by atoms with E-state index in [-0.39, 0.29) is 12.0 Å². The molecule has 0 bridgehead atoms. The van der Waals surface area contributed by atoms with Gasteiger partial charge in [0.15, 0.2) is 0 Å². The standard InChI is InChI=1S/C15H23NO3/c1-12(2)19-10-4-9-16-15(17)11-13-5-7-14(18-3)8-6-13/h5-8,12H,4,9-11H2,1-3H3,(H,16,17). The topological polar surface area (TPSA) is 47.6 Å². The highest BCUT2D eigenvalue weighted by molar-refractivity contribution is 5.78. The second kappa shape index (κ2) is 8.53. The number of benzene rings is 1. The average Bonchev–Trinajstić information content (AvgIpc) is 2.39. The largest absolute Gasteiger partial charge is 0.497 e. The molecule has 1 aromatic carbocycles. The predicted molar refractivity (Wildman–Crippen MR) is 75.4 cm³/mol. The zero-order valence-corrected chi connectivity index (χ0v) is 11.9. The summed E-state index contributed by atoms with van der Waals surface area (Å²) in [4.78, 5) is 11.7. The number of methoxy groups -OCH3 is 1. The van der Waals surface area contributed by atoms with E-state index in [2.05, 4.69) is 5.32 Å². The summed E-state index contributed by atoms with van der Waals surface area (Å²) in [6.45, 7) is 5.34. The molecule has 1 aromatic rings. The number of amides is 1. The third-order valence-electron chi connectivity index (χ3n) is 2.62. The molecular weight excluding hydrogens is 242 g/mol. The SMILES string of the molecule is COc1ccc(CC(=O)NCCCOC(C)C)cc1. The van der Waals surface area contributed by atoms with Crippen molar-refractivity contribution in [3.05, 3.63) is 29.8 Å². The van der Waals surface area contributed by atoms with Gasteiger partial charge in [0.25, 0.3) is 0 Å². The summed E-state index contributed by atoms with van der Waals surface area (Å²) < 4.78 is 10.5. The lowest BCUT2D eigenvalue weighted by atomic mass is 10.1. The quantitative estimate of drug-likeness (QED) is 0.733. The van der Waals surface area contributed by atoms with Crippen LogP contribution in [0, 0.1) is 0 Å². The van der Waals surface area contributed by atoms with Crippen LogP contribution in [-0.2, 0) is 16.0 Å². The molecule has 0 spiro atoms. The predicted octanol–water partition coefficient (Wildman–Crippen LogP) is 2.17. The molecule has 106 valence electrons. The monoisotopic (exact) mass is 265 g/mol. The first-order chi connectivity index (χ1) is 9.11.